The summed E-state index contributed by atoms with van der Waals surface area (Å²) in [5, 5.41) is 17.2. The molecule has 8 heteroatoms. The van der Waals surface area contributed by atoms with E-state index in [0.717, 1.165) is 17.0 Å². The quantitative estimate of drug-likeness (QED) is 0.440. The topological polar surface area (TPSA) is 93.3 Å². The number of hydrogen-bond donors (Lipinski definition) is 1. The molecule has 0 saturated heterocycles. The summed E-state index contributed by atoms with van der Waals surface area (Å²) in [6.07, 6.45) is 3.30. The van der Waals surface area contributed by atoms with Crippen molar-refractivity contribution in [3.63, 3.8) is 0 Å². The van der Waals surface area contributed by atoms with Gasteiger partial charge in [0.25, 0.3) is 5.69 Å². The van der Waals surface area contributed by atoms with Crippen molar-refractivity contribution in [3.05, 3.63) is 69.8 Å². The number of nitrogens with one attached hydrogen (secondary N) is 1. The van der Waals surface area contributed by atoms with Gasteiger partial charge in [0.15, 0.2) is 0 Å². The Morgan fingerprint density at radius 3 is 2.74 bits per heavy atom. The van der Waals surface area contributed by atoms with Gasteiger partial charge in [0.2, 0.25) is 5.13 Å². The molecule has 1 N–H and O–H groups in total. The first-order valence-corrected chi connectivity index (χ1v) is 7.51. The highest BCUT2D eigenvalue weighted by Gasteiger charge is 2.07. The van der Waals surface area contributed by atoms with E-state index in [1.165, 1.54) is 23.5 Å². The number of hydrazone groups is 1. The second-order valence-corrected chi connectivity index (χ2v) is 5.32. The molecule has 3 aromatic rings. The molecule has 0 aliphatic rings. The van der Waals surface area contributed by atoms with Gasteiger partial charge < -0.3 is 0 Å². The Labute approximate surface area is 135 Å². The Morgan fingerprint density at radius 2 is 2.04 bits per heavy atom. The summed E-state index contributed by atoms with van der Waals surface area (Å²) >= 11 is 1.40. The number of thiazole rings is 1. The summed E-state index contributed by atoms with van der Waals surface area (Å²) in [4.78, 5) is 18.7. The van der Waals surface area contributed by atoms with Crippen LogP contribution >= 0.6 is 11.3 Å². The van der Waals surface area contributed by atoms with Crippen LogP contribution in [0.2, 0.25) is 0 Å². The average molecular weight is 325 g/mol. The van der Waals surface area contributed by atoms with Crippen molar-refractivity contribution in [1.29, 1.82) is 0 Å². The van der Waals surface area contributed by atoms with Crippen LogP contribution in [0.3, 0.4) is 0 Å². The monoisotopic (exact) mass is 325 g/mol. The number of benzene rings is 1. The van der Waals surface area contributed by atoms with E-state index >= 15 is 0 Å². The van der Waals surface area contributed by atoms with Crippen LogP contribution in [0.25, 0.3) is 11.3 Å². The minimum Gasteiger partial charge on any atom is -0.258 e. The average Bonchev–Trinajstić information content (AvgIpc) is 3.05. The van der Waals surface area contributed by atoms with Crippen LogP contribution in [0.1, 0.15) is 5.69 Å². The van der Waals surface area contributed by atoms with Gasteiger partial charge in [-0.1, -0.05) is 6.07 Å². The van der Waals surface area contributed by atoms with Crippen molar-refractivity contribution in [2.45, 2.75) is 0 Å². The first kappa shape index (κ1) is 14.8. The molecule has 0 spiro atoms. The number of nitrogens with zero attached hydrogens (tertiary/aromatic N) is 4. The molecular weight excluding hydrogens is 314 g/mol. The number of hydrogen-bond acceptors (Lipinski definition) is 7. The fourth-order valence-electron chi connectivity index (χ4n) is 1.82. The first-order chi connectivity index (χ1) is 11.2. The first-order valence-electron chi connectivity index (χ1n) is 6.63. The molecule has 0 unspecified atom stereocenters. The minimum absolute atomic E-state index is 0.0577. The third-order valence-corrected chi connectivity index (χ3v) is 3.67. The standard InChI is InChI=1S/C15H11N5O2S/c21-20(22)13-6-4-11(5-7-13)14-10-23-15(18-14)19-17-9-12-3-1-2-8-16-12/h1-10H,(H,18,19)/b17-9+. The number of aromatic nitrogens is 2. The van der Waals surface area contributed by atoms with Gasteiger partial charge in [-0.25, -0.2) is 4.98 Å². The van der Waals surface area contributed by atoms with E-state index in [-0.39, 0.29) is 5.69 Å². The lowest BCUT2D eigenvalue weighted by Crippen LogP contribution is -1.92. The van der Waals surface area contributed by atoms with Crippen LogP contribution in [-0.4, -0.2) is 21.1 Å². The van der Waals surface area contributed by atoms with E-state index in [2.05, 4.69) is 20.5 Å². The van der Waals surface area contributed by atoms with E-state index in [1.807, 2.05) is 23.6 Å². The highest BCUT2D eigenvalue weighted by Crippen LogP contribution is 2.26. The van der Waals surface area contributed by atoms with Gasteiger partial charge in [-0.05, 0) is 24.3 Å². The molecule has 114 valence electrons. The maximum atomic E-state index is 10.6. The smallest absolute Gasteiger partial charge is 0.258 e. The summed E-state index contributed by atoms with van der Waals surface area (Å²) in [7, 11) is 0. The van der Waals surface area contributed by atoms with Gasteiger partial charge in [0.1, 0.15) is 0 Å². The second-order valence-electron chi connectivity index (χ2n) is 4.47. The molecule has 0 amide bonds. The van der Waals surface area contributed by atoms with Crippen molar-refractivity contribution in [2.75, 3.05) is 5.43 Å². The zero-order valence-electron chi connectivity index (χ0n) is 11.8. The normalized spacial score (nSPS) is 10.8. The van der Waals surface area contributed by atoms with Crippen molar-refractivity contribution in [2.24, 2.45) is 5.10 Å². The highest BCUT2D eigenvalue weighted by atomic mass is 32.1. The van der Waals surface area contributed by atoms with E-state index in [0.29, 0.717) is 5.13 Å². The van der Waals surface area contributed by atoms with Crippen LogP contribution in [0, 0.1) is 10.1 Å². The lowest BCUT2D eigenvalue weighted by Gasteiger charge is -1.96. The Hall–Kier alpha value is -3.13. The molecule has 0 saturated carbocycles. The van der Waals surface area contributed by atoms with Gasteiger partial charge in [-0.3, -0.25) is 20.5 Å². The van der Waals surface area contributed by atoms with Crippen LogP contribution in [0.15, 0.2) is 59.1 Å². The summed E-state index contributed by atoms with van der Waals surface area (Å²) < 4.78 is 0. The number of rotatable bonds is 5. The summed E-state index contributed by atoms with van der Waals surface area (Å²) in [6, 6.07) is 11.8. The number of anilines is 1. The molecule has 1 aromatic carbocycles. The number of non-ortho nitro benzene ring substituents is 1. The zero-order valence-corrected chi connectivity index (χ0v) is 12.6. The van der Waals surface area contributed by atoms with Crippen LogP contribution < -0.4 is 5.43 Å². The van der Waals surface area contributed by atoms with Gasteiger partial charge in [-0.15, -0.1) is 11.3 Å². The SMILES string of the molecule is O=[N+]([O-])c1ccc(-c2csc(N/N=C/c3ccccn3)n2)cc1. The molecule has 0 radical (unpaired) electrons. The molecule has 3 rings (SSSR count). The van der Waals surface area contributed by atoms with Crippen LogP contribution in [0.4, 0.5) is 10.8 Å². The molecule has 0 bridgehead atoms. The van der Waals surface area contributed by atoms with Crippen molar-refractivity contribution in [3.8, 4) is 11.3 Å². The van der Waals surface area contributed by atoms with Crippen LogP contribution in [-0.2, 0) is 0 Å². The predicted molar refractivity (Wildman–Crippen MR) is 89.7 cm³/mol. The van der Waals surface area contributed by atoms with Gasteiger partial charge in [0.05, 0.1) is 22.5 Å². The van der Waals surface area contributed by atoms with E-state index in [1.54, 1.807) is 24.5 Å². The van der Waals surface area contributed by atoms with E-state index < -0.39 is 4.92 Å². The van der Waals surface area contributed by atoms with Gasteiger partial charge in [-0.2, -0.15) is 5.10 Å². The lowest BCUT2D eigenvalue weighted by molar-refractivity contribution is -0.384. The molecule has 0 atom stereocenters. The van der Waals surface area contributed by atoms with Gasteiger partial charge in [0, 0.05) is 29.3 Å². The summed E-state index contributed by atoms with van der Waals surface area (Å²) in [6.45, 7) is 0. The Balaban J connectivity index is 1.68. The number of nitro benzene ring substituents is 1. The number of pyridine rings is 1. The third-order valence-electron chi connectivity index (χ3n) is 2.92. The third kappa shape index (κ3) is 3.74. The highest BCUT2D eigenvalue weighted by molar-refractivity contribution is 7.14. The predicted octanol–water partition coefficient (Wildman–Crippen LogP) is 3.56. The molecule has 2 aromatic heterocycles. The molecule has 0 aliphatic heterocycles. The Morgan fingerprint density at radius 1 is 1.22 bits per heavy atom. The maximum Gasteiger partial charge on any atom is 0.269 e. The number of nitro groups is 1. The molecule has 23 heavy (non-hydrogen) atoms. The van der Waals surface area contributed by atoms with Crippen LogP contribution in [0.5, 0.6) is 0 Å². The van der Waals surface area contributed by atoms with Crippen molar-refractivity contribution >= 4 is 28.4 Å². The van der Waals surface area contributed by atoms with Crippen molar-refractivity contribution < 1.29 is 4.92 Å². The van der Waals surface area contributed by atoms with E-state index in [4.69, 9.17) is 0 Å². The minimum atomic E-state index is -0.426. The molecular formula is C15H11N5O2S. The molecule has 0 aliphatic carbocycles. The largest absolute Gasteiger partial charge is 0.269 e. The fraction of sp³-hybridized carbons (Fsp3) is 0. The molecule has 2 heterocycles. The Kier molecular flexibility index (Phi) is 4.34. The molecule has 7 nitrogen and oxygen atoms in total. The lowest BCUT2D eigenvalue weighted by atomic mass is 10.1. The fourth-order valence-corrected chi connectivity index (χ4v) is 2.49. The van der Waals surface area contributed by atoms with Gasteiger partial charge >= 0.3 is 0 Å². The molecule has 0 fully saturated rings. The Bertz CT molecular complexity index is 831. The zero-order chi connectivity index (χ0) is 16.1. The summed E-state index contributed by atoms with van der Waals surface area (Å²) in [5.41, 5.74) is 5.19. The van der Waals surface area contributed by atoms with E-state index in [9.17, 15) is 10.1 Å². The second kappa shape index (κ2) is 6.75. The summed E-state index contributed by atoms with van der Waals surface area (Å²) in [5.74, 6) is 0. The van der Waals surface area contributed by atoms with Crippen molar-refractivity contribution in [1.82, 2.24) is 9.97 Å². The maximum absolute atomic E-state index is 10.6.